The Morgan fingerprint density at radius 2 is 2.20 bits per heavy atom. The summed E-state index contributed by atoms with van der Waals surface area (Å²) in [7, 11) is 1.59. The van der Waals surface area contributed by atoms with Gasteiger partial charge in [-0.15, -0.1) is 0 Å². The molecule has 1 aliphatic rings. The minimum Gasteiger partial charge on any atom is -0.380 e. The number of nitrogens with zero attached hydrogens (tertiary/aromatic N) is 2. The predicted molar refractivity (Wildman–Crippen MR) is 60.4 cm³/mol. The highest BCUT2D eigenvalue weighted by molar-refractivity contribution is 6.32. The van der Waals surface area contributed by atoms with E-state index in [1.165, 1.54) is 17.5 Å². The van der Waals surface area contributed by atoms with Crippen LogP contribution in [-0.2, 0) is 7.05 Å². The smallest absolute Gasteiger partial charge is 0.287 e. The van der Waals surface area contributed by atoms with Gasteiger partial charge >= 0.3 is 0 Å². The normalized spacial score (nSPS) is 16.9. The van der Waals surface area contributed by atoms with Crippen LogP contribution < -0.4 is 10.9 Å². The number of aromatic nitrogens is 2. The van der Waals surface area contributed by atoms with Crippen molar-refractivity contribution in [1.29, 1.82) is 0 Å². The molecule has 1 aromatic rings. The first-order valence-electron chi connectivity index (χ1n) is 5.17. The maximum absolute atomic E-state index is 11.5. The fourth-order valence-corrected chi connectivity index (χ4v) is 2.13. The van der Waals surface area contributed by atoms with Gasteiger partial charge in [0.15, 0.2) is 0 Å². The second-order valence-corrected chi connectivity index (χ2v) is 4.30. The van der Waals surface area contributed by atoms with E-state index in [4.69, 9.17) is 11.6 Å². The number of aryl methyl sites for hydroxylation is 1. The van der Waals surface area contributed by atoms with E-state index in [0.717, 1.165) is 12.8 Å². The lowest BCUT2D eigenvalue weighted by molar-refractivity contribution is 0.701. The monoisotopic (exact) mass is 227 g/mol. The van der Waals surface area contributed by atoms with Crippen LogP contribution in [0, 0.1) is 0 Å². The van der Waals surface area contributed by atoms with Crippen LogP contribution in [-0.4, -0.2) is 15.8 Å². The van der Waals surface area contributed by atoms with Gasteiger partial charge in [0.1, 0.15) is 5.02 Å². The molecule has 5 heteroatoms. The van der Waals surface area contributed by atoms with E-state index in [9.17, 15) is 4.79 Å². The van der Waals surface area contributed by atoms with Crippen molar-refractivity contribution in [3.8, 4) is 0 Å². The highest BCUT2D eigenvalue weighted by Crippen LogP contribution is 2.24. The number of hydrogen-bond donors (Lipinski definition) is 1. The molecule has 0 saturated heterocycles. The molecule has 2 rings (SSSR count). The van der Waals surface area contributed by atoms with Crippen molar-refractivity contribution < 1.29 is 0 Å². The van der Waals surface area contributed by atoms with Crippen LogP contribution in [0.25, 0.3) is 0 Å². The molecule has 0 bridgehead atoms. The van der Waals surface area contributed by atoms with Crippen molar-refractivity contribution >= 4 is 17.3 Å². The zero-order valence-corrected chi connectivity index (χ0v) is 9.42. The Kier molecular flexibility index (Phi) is 2.95. The molecule has 0 amide bonds. The Labute approximate surface area is 93.2 Å². The Morgan fingerprint density at radius 1 is 1.53 bits per heavy atom. The number of anilines is 1. The van der Waals surface area contributed by atoms with Gasteiger partial charge in [-0.3, -0.25) is 4.79 Å². The van der Waals surface area contributed by atoms with E-state index in [0.29, 0.717) is 11.7 Å². The van der Waals surface area contributed by atoms with Gasteiger partial charge in [-0.2, -0.15) is 5.10 Å². The molecule has 1 fully saturated rings. The SMILES string of the molecule is Cn1ncc(NC2CCCC2)c(Cl)c1=O. The van der Waals surface area contributed by atoms with Crippen LogP contribution in [0.15, 0.2) is 11.0 Å². The molecule has 0 radical (unpaired) electrons. The van der Waals surface area contributed by atoms with Crippen molar-refractivity contribution in [2.75, 3.05) is 5.32 Å². The quantitative estimate of drug-likeness (QED) is 0.838. The molecule has 1 aliphatic carbocycles. The molecule has 15 heavy (non-hydrogen) atoms. The molecule has 0 aliphatic heterocycles. The lowest BCUT2D eigenvalue weighted by Gasteiger charge is -2.14. The summed E-state index contributed by atoms with van der Waals surface area (Å²) in [5.41, 5.74) is 0.409. The molecule has 1 saturated carbocycles. The summed E-state index contributed by atoms with van der Waals surface area (Å²) in [4.78, 5) is 11.5. The summed E-state index contributed by atoms with van der Waals surface area (Å²) in [6, 6.07) is 0.441. The summed E-state index contributed by atoms with van der Waals surface area (Å²) in [6.07, 6.45) is 6.39. The van der Waals surface area contributed by atoms with E-state index in [2.05, 4.69) is 10.4 Å². The molecule has 0 aromatic carbocycles. The largest absolute Gasteiger partial charge is 0.380 e. The standard InChI is InChI=1S/C10H14ClN3O/c1-14-10(15)9(11)8(6-12-14)13-7-4-2-3-5-7/h6-7,13H,2-5H2,1H3. The second kappa shape index (κ2) is 4.23. The molecule has 0 spiro atoms. The Bertz CT molecular complexity index is 410. The molecule has 0 unspecified atom stereocenters. The van der Waals surface area contributed by atoms with Crippen LogP contribution in [0.1, 0.15) is 25.7 Å². The lowest BCUT2D eigenvalue weighted by Crippen LogP contribution is -2.23. The minimum absolute atomic E-state index is 0.236. The summed E-state index contributed by atoms with van der Waals surface area (Å²) in [5, 5.41) is 7.44. The van der Waals surface area contributed by atoms with E-state index < -0.39 is 0 Å². The third kappa shape index (κ3) is 2.15. The zero-order chi connectivity index (χ0) is 10.8. The number of nitrogens with one attached hydrogen (secondary N) is 1. The molecule has 82 valence electrons. The van der Waals surface area contributed by atoms with Gasteiger partial charge in [0.25, 0.3) is 5.56 Å². The minimum atomic E-state index is -0.250. The summed E-state index contributed by atoms with van der Waals surface area (Å²) in [5.74, 6) is 0. The topological polar surface area (TPSA) is 46.9 Å². The van der Waals surface area contributed by atoms with Gasteiger partial charge < -0.3 is 5.32 Å². The van der Waals surface area contributed by atoms with Gasteiger partial charge in [-0.1, -0.05) is 24.4 Å². The van der Waals surface area contributed by atoms with Crippen molar-refractivity contribution in [2.45, 2.75) is 31.7 Å². The number of halogens is 1. The molecule has 1 heterocycles. The Morgan fingerprint density at radius 3 is 2.87 bits per heavy atom. The van der Waals surface area contributed by atoms with E-state index in [-0.39, 0.29) is 10.6 Å². The van der Waals surface area contributed by atoms with Crippen LogP contribution >= 0.6 is 11.6 Å². The number of hydrogen-bond acceptors (Lipinski definition) is 3. The number of rotatable bonds is 2. The molecule has 0 atom stereocenters. The van der Waals surface area contributed by atoms with Gasteiger partial charge in [-0.05, 0) is 12.8 Å². The van der Waals surface area contributed by atoms with Crippen molar-refractivity contribution in [3.05, 3.63) is 21.6 Å². The second-order valence-electron chi connectivity index (χ2n) is 3.93. The first-order chi connectivity index (χ1) is 7.18. The van der Waals surface area contributed by atoms with E-state index in [1.807, 2.05) is 0 Å². The fourth-order valence-electron chi connectivity index (χ4n) is 1.90. The van der Waals surface area contributed by atoms with Crippen LogP contribution in [0.4, 0.5) is 5.69 Å². The first-order valence-corrected chi connectivity index (χ1v) is 5.54. The maximum Gasteiger partial charge on any atom is 0.287 e. The Balaban J connectivity index is 2.21. The highest BCUT2D eigenvalue weighted by atomic mass is 35.5. The van der Waals surface area contributed by atoms with Gasteiger partial charge in [-0.25, -0.2) is 4.68 Å². The van der Waals surface area contributed by atoms with Gasteiger partial charge in [0.05, 0.1) is 11.9 Å². The highest BCUT2D eigenvalue weighted by Gasteiger charge is 2.16. The molecule has 1 aromatic heterocycles. The van der Waals surface area contributed by atoms with Gasteiger partial charge in [0.2, 0.25) is 0 Å². The van der Waals surface area contributed by atoms with Crippen LogP contribution in [0.5, 0.6) is 0 Å². The third-order valence-corrected chi connectivity index (χ3v) is 3.16. The molecular formula is C10H14ClN3O. The summed E-state index contributed by atoms with van der Waals surface area (Å²) in [6.45, 7) is 0. The average molecular weight is 228 g/mol. The Hall–Kier alpha value is -1.03. The third-order valence-electron chi connectivity index (χ3n) is 2.79. The summed E-state index contributed by atoms with van der Waals surface area (Å²) < 4.78 is 1.24. The molecule has 1 N–H and O–H groups in total. The van der Waals surface area contributed by atoms with Crippen LogP contribution in [0.2, 0.25) is 5.02 Å². The van der Waals surface area contributed by atoms with Crippen LogP contribution in [0.3, 0.4) is 0 Å². The summed E-state index contributed by atoms with van der Waals surface area (Å²) >= 11 is 5.94. The average Bonchev–Trinajstić information content (AvgIpc) is 2.72. The predicted octanol–water partition coefficient (Wildman–Crippen LogP) is 1.79. The van der Waals surface area contributed by atoms with Gasteiger partial charge in [0, 0.05) is 13.1 Å². The van der Waals surface area contributed by atoms with Crippen molar-refractivity contribution in [1.82, 2.24) is 9.78 Å². The zero-order valence-electron chi connectivity index (χ0n) is 8.66. The van der Waals surface area contributed by atoms with E-state index in [1.54, 1.807) is 13.2 Å². The van der Waals surface area contributed by atoms with E-state index >= 15 is 0 Å². The van der Waals surface area contributed by atoms with Crippen molar-refractivity contribution in [3.63, 3.8) is 0 Å². The lowest BCUT2D eigenvalue weighted by atomic mass is 10.2. The molecular weight excluding hydrogens is 214 g/mol. The fraction of sp³-hybridized carbons (Fsp3) is 0.600. The molecule has 4 nitrogen and oxygen atoms in total. The van der Waals surface area contributed by atoms with Crippen molar-refractivity contribution in [2.24, 2.45) is 7.05 Å². The first kappa shape index (κ1) is 10.5. The maximum atomic E-state index is 11.5.